The highest BCUT2D eigenvalue weighted by Gasteiger charge is 2.15. The van der Waals surface area contributed by atoms with Gasteiger partial charge in [0.25, 0.3) is 0 Å². The first kappa shape index (κ1) is 11.0. The second-order valence-corrected chi connectivity index (χ2v) is 3.81. The Hall–Kier alpha value is -1.48. The molecule has 0 fully saturated rings. The van der Waals surface area contributed by atoms with E-state index < -0.39 is 0 Å². The molecule has 1 aromatic rings. The first-order chi connectivity index (χ1) is 7.75. The predicted octanol–water partition coefficient (Wildman–Crippen LogP) is 2.59. The van der Waals surface area contributed by atoms with E-state index >= 15 is 0 Å². The third-order valence-electron chi connectivity index (χ3n) is 2.15. The number of ether oxygens (including phenoxy) is 2. The summed E-state index contributed by atoms with van der Waals surface area (Å²) in [5.41, 5.74) is 0. The average molecular weight is 239 g/mol. The normalized spacial score (nSPS) is 14.2. The van der Waals surface area contributed by atoms with Gasteiger partial charge in [0.1, 0.15) is 5.75 Å². The summed E-state index contributed by atoms with van der Waals surface area (Å²) in [6.07, 6.45) is 2.57. The van der Waals surface area contributed by atoms with Gasteiger partial charge in [-0.2, -0.15) is 0 Å². The van der Waals surface area contributed by atoms with Gasteiger partial charge in [0, 0.05) is 11.4 Å². The van der Waals surface area contributed by atoms with Crippen LogP contribution in [-0.2, 0) is 9.53 Å². The minimum atomic E-state index is -0.141. The summed E-state index contributed by atoms with van der Waals surface area (Å²) in [4.78, 5) is 11.6. The van der Waals surface area contributed by atoms with Gasteiger partial charge in [0.15, 0.2) is 12.4 Å². The Morgan fingerprint density at radius 2 is 2.38 bits per heavy atom. The van der Waals surface area contributed by atoms with Crippen molar-refractivity contribution >= 4 is 17.4 Å². The van der Waals surface area contributed by atoms with Crippen LogP contribution in [-0.4, -0.2) is 19.0 Å². The van der Waals surface area contributed by atoms with Gasteiger partial charge < -0.3 is 9.47 Å². The number of rotatable bonds is 4. The molecule has 0 bridgehead atoms. The second kappa shape index (κ2) is 5.03. The van der Waals surface area contributed by atoms with Crippen molar-refractivity contribution in [2.45, 2.75) is 6.42 Å². The Labute approximate surface area is 98.6 Å². The molecule has 16 heavy (non-hydrogen) atoms. The van der Waals surface area contributed by atoms with E-state index in [9.17, 15) is 4.79 Å². The van der Waals surface area contributed by atoms with Gasteiger partial charge in [-0.1, -0.05) is 17.7 Å². The van der Waals surface area contributed by atoms with Crippen molar-refractivity contribution in [3.63, 3.8) is 0 Å². The molecule has 84 valence electrons. The molecule has 0 unspecified atom stereocenters. The monoisotopic (exact) mass is 238 g/mol. The maximum Gasteiger partial charge on any atom is 0.234 e. The minimum Gasteiger partial charge on any atom is -0.490 e. The van der Waals surface area contributed by atoms with Gasteiger partial charge >= 0.3 is 0 Å². The molecule has 0 saturated heterocycles. The molecular weight excluding hydrogens is 228 g/mol. The zero-order chi connectivity index (χ0) is 11.4. The molecule has 0 amide bonds. The summed E-state index contributed by atoms with van der Waals surface area (Å²) in [5.74, 6) is 0.846. The molecule has 0 atom stereocenters. The van der Waals surface area contributed by atoms with E-state index in [-0.39, 0.29) is 12.4 Å². The summed E-state index contributed by atoms with van der Waals surface area (Å²) in [6.45, 7) is 0.560. The van der Waals surface area contributed by atoms with Gasteiger partial charge in [-0.15, -0.1) is 0 Å². The summed E-state index contributed by atoms with van der Waals surface area (Å²) in [5, 5.41) is 0.585. The van der Waals surface area contributed by atoms with E-state index in [0.717, 1.165) is 6.42 Å². The third-order valence-corrected chi connectivity index (χ3v) is 2.38. The Morgan fingerprint density at radius 3 is 3.06 bits per heavy atom. The molecular formula is C12H11ClO3. The van der Waals surface area contributed by atoms with E-state index in [1.54, 1.807) is 30.3 Å². The van der Waals surface area contributed by atoms with Crippen LogP contribution >= 0.6 is 11.6 Å². The fourth-order valence-electron chi connectivity index (χ4n) is 1.39. The zero-order valence-corrected chi connectivity index (χ0v) is 9.37. The molecule has 0 N–H and O–H groups in total. The maximum atomic E-state index is 11.6. The van der Waals surface area contributed by atoms with Crippen LogP contribution in [0.2, 0.25) is 5.02 Å². The molecule has 0 saturated carbocycles. The van der Waals surface area contributed by atoms with Crippen molar-refractivity contribution in [2.24, 2.45) is 0 Å². The van der Waals surface area contributed by atoms with Crippen molar-refractivity contribution in [1.82, 2.24) is 0 Å². The van der Waals surface area contributed by atoms with Crippen LogP contribution in [0, 0.1) is 0 Å². The lowest BCUT2D eigenvalue weighted by molar-refractivity contribution is -0.120. The number of hydrogen-bond donors (Lipinski definition) is 0. The third kappa shape index (κ3) is 2.76. The number of carbonyl (C=O) groups is 1. The van der Waals surface area contributed by atoms with Crippen LogP contribution in [0.3, 0.4) is 0 Å². The summed E-state index contributed by atoms with van der Waals surface area (Å²) in [6, 6.07) is 6.94. The molecule has 0 spiro atoms. The molecule has 3 nitrogen and oxygen atoms in total. The maximum absolute atomic E-state index is 11.6. The number of carbonyl (C=O) groups excluding carboxylic acids is 1. The molecule has 1 aliphatic heterocycles. The number of halogens is 1. The number of Topliss-reactive ketones (excluding diaryl/α,β-unsaturated/α-hetero) is 1. The number of ketones is 1. The van der Waals surface area contributed by atoms with Crippen LogP contribution in [0.4, 0.5) is 0 Å². The largest absolute Gasteiger partial charge is 0.490 e. The Balaban J connectivity index is 1.90. The number of benzene rings is 1. The summed E-state index contributed by atoms with van der Waals surface area (Å²) < 4.78 is 10.4. The fourth-order valence-corrected chi connectivity index (χ4v) is 1.57. The highest BCUT2D eigenvalue weighted by atomic mass is 35.5. The van der Waals surface area contributed by atoms with Crippen LogP contribution in [0.1, 0.15) is 6.42 Å². The molecule has 0 aromatic heterocycles. The lowest BCUT2D eigenvalue weighted by atomic mass is 10.3. The van der Waals surface area contributed by atoms with E-state index in [0.29, 0.717) is 23.1 Å². The molecule has 0 aliphatic carbocycles. The van der Waals surface area contributed by atoms with E-state index in [2.05, 4.69) is 0 Å². The van der Waals surface area contributed by atoms with Crippen LogP contribution in [0.25, 0.3) is 0 Å². The first-order valence-corrected chi connectivity index (χ1v) is 5.38. The predicted molar refractivity (Wildman–Crippen MR) is 60.6 cm³/mol. The molecule has 1 aromatic carbocycles. The highest BCUT2D eigenvalue weighted by molar-refractivity contribution is 6.30. The van der Waals surface area contributed by atoms with Crippen molar-refractivity contribution in [3.8, 4) is 5.75 Å². The minimum absolute atomic E-state index is 0.0217. The van der Waals surface area contributed by atoms with Crippen molar-refractivity contribution < 1.29 is 14.3 Å². The van der Waals surface area contributed by atoms with Crippen molar-refractivity contribution in [2.75, 3.05) is 13.2 Å². The quantitative estimate of drug-likeness (QED) is 0.809. The summed E-state index contributed by atoms with van der Waals surface area (Å²) in [7, 11) is 0. The van der Waals surface area contributed by atoms with Gasteiger partial charge in [0.2, 0.25) is 5.78 Å². The molecule has 1 heterocycles. The van der Waals surface area contributed by atoms with Crippen LogP contribution in [0.5, 0.6) is 5.75 Å². The van der Waals surface area contributed by atoms with E-state index in [1.807, 2.05) is 0 Å². The van der Waals surface area contributed by atoms with Gasteiger partial charge in [-0.05, 0) is 24.3 Å². The molecule has 0 radical (unpaired) electrons. The van der Waals surface area contributed by atoms with Crippen LogP contribution in [0.15, 0.2) is 36.1 Å². The van der Waals surface area contributed by atoms with Crippen molar-refractivity contribution in [1.29, 1.82) is 0 Å². The van der Waals surface area contributed by atoms with Crippen LogP contribution < -0.4 is 4.74 Å². The Kier molecular flexibility index (Phi) is 3.47. The SMILES string of the molecule is O=C(COc1cccc(Cl)c1)C1=CCCO1. The van der Waals surface area contributed by atoms with E-state index in [1.165, 1.54) is 0 Å². The Morgan fingerprint density at radius 1 is 1.50 bits per heavy atom. The zero-order valence-electron chi connectivity index (χ0n) is 8.61. The fraction of sp³-hybridized carbons (Fsp3) is 0.250. The van der Waals surface area contributed by atoms with Gasteiger partial charge in [0.05, 0.1) is 6.61 Å². The first-order valence-electron chi connectivity index (χ1n) is 5.00. The standard InChI is InChI=1S/C12H11ClO3/c13-9-3-1-4-10(7-9)16-8-11(14)12-5-2-6-15-12/h1,3-5,7H,2,6,8H2. The summed E-state index contributed by atoms with van der Waals surface area (Å²) >= 11 is 5.79. The van der Waals surface area contributed by atoms with Gasteiger partial charge in [-0.3, -0.25) is 4.79 Å². The molecule has 4 heteroatoms. The average Bonchev–Trinajstić information content (AvgIpc) is 2.79. The topological polar surface area (TPSA) is 35.5 Å². The Bertz CT molecular complexity index is 426. The van der Waals surface area contributed by atoms with Crippen molar-refractivity contribution in [3.05, 3.63) is 41.1 Å². The smallest absolute Gasteiger partial charge is 0.234 e. The lowest BCUT2D eigenvalue weighted by Gasteiger charge is -2.06. The second-order valence-electron chi connectivity index (χ2n) is 3.37. The highest BCUT2D eigenvalue weighted by Crippen LogP contribution is 2.17. The van der Waals surface area contributed by atoms with Gasteiger partial charge in [-0.25, -0.2) is 0 Å². The van der Waals surface area contributed by atoms with E-state index in [4.69, 9.17) is 21.1 Å². The number of hydrogen-bond acceptors (Lipinski definition) is 3. The molecule has 2 rings (SSSR count). The lowest BCUT2D eigenvalue weighted by Crippen LogP contribution is -2.14. The molecule has 1 aliphatic rings.